The van der Waals surface area contributed by atoms with E-state index in [0.29, 0.717) is 30.2 Å². The van der Waals surface area contributed by atoms with Crippen LogP contribution in [0.15, 0.2) is 18.2 Å². The Balaban J connectivity index is 2.30. The topological polar surface area (TPSA) is 67.9 Å². The number of hydrogen-bond donors (Lipinski definition) is 1. The average molecular weight is 278 g/mol. The van der Waals surface area contributed by atoms with Crippen LogP contribution in [0.3, 0.4) is 0 Å². The van der Waals surface area contributed by atoms with Gasteiger partial charge in [-0.2, -0.15) is 0 Å². The van der Waals surface area contributed by atoms with Gasteiger partial charge < -0.3 is 19.7 Å². The molecule has 1 aliphatic heterocycles. The molecule has 2 rings (SSSR count). The molecule has 0 saturated carbocycles. The second-order valence-corrected chi connectivity index (χ2v) is 4.57. The summed E-state index contributed by atoms with van der Waals surface area (Å²) in [4.78, 5) is 25.7. The van der Waals surface area contributed by atoms with Crippen molar-refractivity contribution in [2.75, 3.05) is 27.3 Å². The number of hydrogen-bond acceptors (Lipinski definition) is 4. The van der Waals surface area contributed by atoms with Crippen LogP contribution in [-0.2, 0) is 4.79 Å². The van der Waals surface area contributed by atoms with E-state index in [0.717, 1.165) is 0 Å². The minimum atomic E-state index is -0.478. The molecule has 0 aromatic heterocycles. The number of benzene rings is 1. The molecule has 0 spiro atoms. The fraction of sp³-hybridized carbons (Fsp3) is 0.429. The molecule has 0 radical (unpaired) electrons. The number of carbonyl (C=O) groups excluding carboxylic acids is 2. The smallest absolute Gasteiger partial charge is 0.254 e. The Bertz CT molecular complexity index is 508. The van der Waals surface area contributed by atoms with Crippen molar-refractivity contribution in [3.8, 4) is 11.5 Å². The van der Waals surface area contributed by atoms with E-state index >= 15 is 0 Å². The third-order valence-corrected chi connectivity index (χ3v) is 3.36. The van der Waals surface area contributed by atoms with Gasteiger partial charge in [0.05, 0.1) is 14.2 Å². The van der Waals surface area contributed by atoms with Crippen LogP contribution in [0.5, 0.6) is 11.5 Å². The molecule has 6 nitrogen and oxygen atoms in total. The van der Waals surface area contributed by atoms with Gasteiger partial charge in [-0.05, 0) is 19.1 Å². The summed E-state index contributed by atoms with van der Waals surface area (Å²) in [5.74, 6) is 0.743. The van der Waals surface area contributed by atoms with Crippen LogP contribution < -0.4 is 14.8 Å². The molecule has 1 N–H and O–H groups in total. The molecule has 2 amide bonds. The highest BCUT2D eigenvalue weighted by Crippen LogP contribution is 2.24. The SMILES string of the molecule is COc1cc(OC)cc(C(=O)N2CCNC(=O)C2C)c1. The number of ether oxygens (including phenoxy) is 2. The largest absolute Gasteiger partial charge is 0.497 e. The van der Waals surface area contributed by atoms with Crippen LogP contribution >= 0.6 is 0 Å². The van der Waals surface area contributed by atoms with E-state index in [1.807, 2.05) is 0 Å². The highest BCUT2D eigenvalue weighted by Gasteiger charge is 2.30. The minimum absolute atomic E-state index is 0.139. The van der Waals surface area contributed by atoms with Crippen molar-refractivity contribution >= 4 is 11.8 Å². The molecule has 20 heavy (non-hydrogen) atoms. The zero-order chi connectivity index (χ0) is 14.7. The lowest BCUT2D eigenvalue weighted by molar-refractivity contribution is -0.127. The van der Waals surface area contributed by atoms with Crippen LogP contribution in [0, 0.1) is 0 Å². The normalized spacial score (nSPS) is 18.4. The molecule has 1 atom stereocenters. The van der Waals surface area contributed by atoms with E-state index in [-0.39, 0.29) is 11.8 Å². The number of rotatable bonds is 3. The summed E-state index contributed by atoms with van der Waals surface area (Å²) in [5, 5.41) is 2.73. The summed E-state index contributed by atoms with van der Waals surface area (Å²) in [6.07, 6.45) is 0. The molecule has 1 unspecified atom stereocenters. The molecule has 0 bridgehead atoms. The first-order valence-corrected chi connectivity index (χ1v) is 6.38. The lowest BCUT2D eigenvalue weighted by atomic mass is 10.1. The molecule has 1 aromatic carbocycles. The molecular formula is C14H18N2O4. The van der Waals surface area contributed by atoms with E-state index in [9.17, 15) is 9.59 Å². The summed E-state index contributed by atoms with van der Waals surface area (Å²) in [6, 6.07) is 4.51. The van der Waals surface area contributed by atoms with Gasteiger partial charge in [-0.3, -0.25) is 9.59 Å². The number of nitrogens with zero attached hydrogens (tertiary/aromatic N) is 1. The fourth-order valence-electron chi connectivity index (χ4n) is 2.16. The van der Waals surface area contributed by atoms with E-state index in [2.05, 4.69) is 5.32 Å². The number of amides is 2. The summed E-state index contributed by atoms with van der Waals surface area (Å²) in [5.41, 5.74) is 0.447. The second kappa shape index (κ2) is 5.81. The predicted octanol–water partition coefficient (Wildman–Crippen LogP) is 0.664. The highest BCUT2D eigenvalue weighted by molar-refractivity contribution is 5.98. The van der Waals surface area contributed by atoms with Crippen molar-refractivity contribution in [2.24, 2.45) is 0 Å². The number of nitrogens with one attached hydrogen (secondary N) is 1. The number of methoxy groups -OCH3 is 2. The maximum Gasteiger partial charge on any atom is 0.254 e. The van der Waals surface area contributed by atoms with Crippen LogP contribution in [0.25, 0.3) is 0 Å². The summed E-state index contributed by atoms with van der Waals surface area (Å²) >= 11 is 0. The fourth-order valence-corrected chi connectivity index (χ4v) is 2.16. The van der Waals surface area contributed by atoms with Crippen LogP contribution in [0.1, 0.15) is 17.3 Å². The van der Waals surface area contributed by atoms with Crippen LogP contribution in [-0.4, -0.2) is 50.1 Å². The van der Waals surface area contributed by atoms with Gasteiger partial charge in [-0.1, -0.05) is 0 Å². The monoisotopic (exact) mass is 278 g/mol. The number of carbonyl (C=O) groups is 2. The lowest BCUT2D eigenvalue weighted by Crippen LogP contribution is -2.55. The molecule has 1 heterocycles. The molecular weight excluding hydrogens is 260 g/mol. The van der Waals surface area contributed by atoms with Crippen molar-refractivity contribution in [3.05, 3.63) is 23.8 Å². The first-order valence-electron chi connectivity index (χ1n) is 6.38. The van der Waals surface area contributed by atoms with Gasteiger partial charge in [0.25, 0.3) is 5.91 Å². The first-order chi connectivity index (χ1) is 9.56. The van der Waals surface area contributed by atoms with E-state index < -0.39 is 6.04 Å². The quantitative estimate of drug-likeness (QED) is 0.882. The third kappa shape index (κ3) is 2.68. The maximum absolute atomic E-state index is 12.5. The third-order valence-electron chi connectivity index (χ3n) is 3.36. The van der Waals surface area contributed by atoms with Crippen molar-refractivity contribution in [2.45, 2.75) is 13.0 Å². The van der Waals surface area contributed by atoms with Crippen molar-refractivity contribution in [1.82, 2.24) is 10.2 Å². The minimum Gasteiger partial charge on any atom is -0.497 e. The second-order valence-electron chi connectivity index (χ2n) is 4.57. The van der Waals surface area contributed by atoms with Crippen molar-refractivity contribution in [1.29, 1.82) is 0 Å². The van der Waals surface area contributed by atoms with Gasteiger partial charge in [-0.15, -0.1) is 0 Å². The lowest BCUT2D eigenvalue weighted by Gasteiger charge is -2.33. The van der Waals surface area contributed by atoms with Crippen LogP contribution in [0.4, 0.5) is 0 Å². The van der Waals surface area contributed by atoms with Gasteiger partial charge in [0.2, 0.25) is 5.91 Å². The Hall–Kier alpha value is -2.24. The van der Waals surface area contributed by atoms with Gasteiger partial charge >= 0.3 is 0 Å². The Labute approximate surface area is 117 Å². The van der Waals surface area contributed by atoms with Gasteiger partial charge in [0, 0.05) is 24.7 Å². The Morgan fingerprint density at radius 2 is 1.85 bits per heavy atom. The summed E-state index contributed by atoms with van der Waals surface area (Å²) in [6.45, 7) is 2.67. The predicted molar refractivity (Wildman–Crippen MR) is 73.1 cm³/mol. The van der Waals surface area contributed by atoms with E-state index in [4.69, 9.17) is 9.47 Å². The standard InChI is InChI=1S/C14H18N2O4/c1-9-13(17)15-4-5-16(9)14(18)10-6-11(19-2)8-12(7-10)20-3/h6-9H,4-5H2,1-3H3,(H,15,17). The van der Waals surface area contributed by atoms with E-state index in [1.165, 1.54) is 14.2 Å². The van der Waals surface area contributed by atoms with Gasteiger partial charge in [0.15, 0.2) is 0 Å². The zero-order valence-corrected chi connectivity index (χ0v) is 11.8. The van der Waals surface area contributed by atoms with Crippen LogP contribution in [0.2, 0.25) is 0 Å². The summed E-state index contributed by atoms with van der Waals surface area (Å²) in [7, 11) is 3.06. The molecule has 1 aliphatic rings. The highest BCUT2D eigenvalue weighted by atomic mass is 16.5. The molecule has 1 fully saturated rings. The Kier molecular flexibility index (Phi) is 4.12. The molecule has 1 aromatic rings. The summed E-state index contributed by atoms with van der Waals surface area (Å²) < 4.78 is 10.3. The molecule has 0 aliphatic carbocycles. The van der Waals surface area contributed by atoms with Crippen molar-refractivity contribution in [3.63, 3.8) is 0 Å². The Morgan fingerprint density at radius 3 is 2.40 bits per heavy atom. The average Bonchev–Trinajstić information content (AvgIpc) is 2.48. The number of piperazine rings is 1. The van der Waals surface area contributed by atoms with Crippen molar-refractivity contribution < 1.29 is 19.1 Å². The zero-order valence-electron chi connectivity index (χ0n) is 11.8. The van der Waals surface area contributed by atoms with Gasteiger partial charge in [-0.25, -0.2) is 0 Å². The first kappa shape index (κ1) is 14.2. The maximum atomic E-state index is 12.5. The molecule has 6 heteroatoms. The Morgan fingerprint density at radius 1 is 1.25 bits per heavy atom. The molecule has 1 saturated heterocycles. The van der Waals surface area contributed by atoms with E-state index in [1.54, 1.807) is 30.0 Å². The van der Waals surface area contributed by atoms with Gasteiger partial charge in [0.1, 0.15) is 17.5 Å². The molecule has 108 valence electrons.